The van der Waals surface area contributed by atoms with Crippen molar-refractivity contribution in [1.29, 1.82) is 0 Å². The van der Waals surface area contributed by atoms with Crippen LogP contribution in [0.3, 0.4) is 0 Å². The van der Waals surface area contributed by atoms with Gasteiger partial charge in [0.2, 0.25) is 0 Å². The first kappa shape index (κ1) is 27.8. The Morgan fingerprint density at radius 2 is 1.90 bits per heavy atom. The van der Waals surface area contributed by atoms with Gasteiger partial charge in [0.25, 0.3) is 11.9 Å². The molecule has 41 heavy (non-hydrogen) atoms. The summed E-state index contributed by atoms with van der Waals surface area (Å²) in [5, 5.41) is 11.3. The highest BCUT2D eigenvalue weighted by molar-refractivity contribution is 5.92. The zero-order valence-electron chi connectivity index (χ0n) is 23.7. The highest BCUT2D eigenvalue weighted by atomic mass is 19.1. The van der Waals surface area contributed by atoms with Gasteiger partial charge in [0.05, 0.1) is 25.1 Å². The smallest absolute Gasteiger partial charge is 0.330 e. The number of rotatable bonds is 8. The van der Waals surface area contributed by atoms with Crippen LogP contribution < -0.4 is 26.0 Å². The minimum atomic E-state index is -0.994. The number of amides is 1. The average Bonchev–Trinajstić information content (AvgIpc) is 3.37. The number of carbonyl (C=O) groups is 1. The summed E-state index contributed by atoms with van der Waals surface area (Å²) in [6.07, 6.45) is 0.627. The Hall–Kier alpha value is -4.74. The highest BCUT2D eigenvalue weighted by Crippen LogP contribution is 2.37. The molecule has 2 aromatic carbocycles. The highest BCUT2D eigenvalue weighted by Gasteiger charge is 2.23. The maximum atomic E-state index is 14.0. The van der Waals surface area contributed by atoms with Crippen LogP contribution in [0.2, 0.25) is 0 Å². The molecule has 0 radical (unpaired) electrons. The van der Waals surface area contributed by atoms with Crippen molar-refractivity contribution in [3.8, 4) is 22.8 Å². The number of aromatic amines is 1. The van der Waals surface area contributed by atoms with Gasteiger partial charge in [0, 0.05) is 31.3 Å². The molecular weight excluding hydrogens is 529 g/mol. The molecular formula is C29H32FN7O4. The normalized spacial score (nSPS) is 12.6. The van der Waals surface area contributed by atoms with Crippen LogP contribution in [-0.4, -0.2) is 50.7 Å². The number of methoxy groups -OCH3 is 1. The number of aromatic nitrogens is 5. The largest absolute Gasteiger partial charge is 0.493 e. The van der Waals surface area contributed by atoms with Crippen LogP contribution >= 0.6 is 0 Å². The van der Waals surface area contributed by atoms with Crippen molar-refractivity contribution in [3.63, 3.8) is 0 Å². The number of hydrogen-bond donors (Lipinski definition) is 2. The molecule has 1 amide bonds. The van der Waals surface area contributed by atoms with Crippen molar-refractivity contribution in [3.05, 3.63) is 80.2 Å². The predicted molar refractivity (Wildman–Crippen MR) is 150 cm³/mol. The quantitative estimate of drug-likeness (QED) is 0.340. The Balaban J connectivity index is 1.63. The van der Waals surface area contributed by atoms with E-state index in [1.807, 2.05) is 58.0 Å². The van der Waals surface area contributed by atoms with Gasteiger partial charge >= 0.3 is 5.69 Å². The minimum absolute atomic E-state index is 0.0487. The molecule has 0 saturated heterocycles. The van der Waals surface area contributed by atoms with Crippen molar-refractivity contribution >= 4 is 11.6 Å². The van der Waals surface area contributed by atoms with E-state index in [1.165, 1.54) is 4.57 Å². The number of halogens is 1. The number of fused-ring (bicyclic) bond motifs is 3. The second-order valence-corrected chi connectivity index (χ2v) is 9.91. The summed E-state index contributed by atoms with van der Waals surface area (Å²) >= 11 is 0. The van der Waals surface area contributed by atoms with Crippen LogP contribution in [0.25, 0.3) is 11.3 Å². The molecule has 1 aliphatic rings. The van der Waals surface area contributed by atoms with Gasteiger partial charge in [0.15, 0.2) is 17.2 Å². The maximum Gasteiger partial charge on any atom is 0.330 e. The van der Waals surface area contributed by atoms with E-state index in [-0.39, 0.29) is 24.5 Å². The van der Waals surface area contributed by atoms with E-state index in [1.54, 1.807) is 11.7 Å². The molecule has 0 saturated carbocycles. The third kappa shape index (κ3) is 5.37. The number of ether oxygens (including phenoxy) is 2. The van der Waals surface area contributed by atoms with Gasteiger partial charge in [-0.15, -0.1) is 0 Å². The van der Waals surface area contributed by atoms with Crippen molar-refractivity contribution in [2.45, 2.75) is 47.2 Å². The molecule has 3 heterocycles. The second kappa shape index (κ2) is 11.4. The van der Waals surface area contributed by atoms with Crippen LogP contribution in [0.15, 0.2) is 40.1 Å². The van der Waals surface area contributed by atoms with E-state index in [0.717, 1.165) is 33.5 Å². The Kier molecular flexibility index (Phi) is 7.73. The van der Waals surface area contributed by atoms with E-state index in [4.69, 9.17) is 14.5 Å². The molecule has 4 aromatic rings. The summed E-state index contributed by atoms with van der Waals surface area (Å²) < 4.78 is 28.3. The Morgan fingerprint density at radius 3 is 2.56 bits per heavy atom. The number of nitrogens with one attached hydrogen (secondary N) is 2. The van der Waals surface area contributed by atoms with Gasteiger partial charge < -0.3 is 14.8 Å². The zero-order chi connectivity index (χ0) is 29.3. The molecule has 11 nitrogen and oxygen atoms in total. The maximum absolute atomic E-state index is 14.0. The fourth-order valence-corrected chi connectivity index (χ4v) is 5.27. The van der Waals surface area contributed by atoms with E-state index in [0.29, 0.717) is 42.3 Å². The lowest BCUT2D eigenvalue weighted by molar-refractivity contribution is 0.0942. The van der Waals surface area contributed by atoms with Crippen molar-refractivity contribution in [2.24, 2.45) is 4.99 Å². The van der Waals surface area contributed by atoms with Gasteiger partial charge in [-0.3, -0.25) is 13.9 Å². The molecule has 5 rings (SSSR count). The van der Waals surface area contributed by atoms with Gasteiger partial charge in [-0.25, -0.2) is 14.9 Å². The number of nitrogens with zero attached hydrogens (tertiary/aromatic N) is 5. The fourth-order valence-electron chi connectivity index (χ4n) is 5.27. The number of benzene rings is 2. The zero-order valence-corrected chi connectivity index (χ0v) is 23.7. The molecule has 12 heteroatoms. The first-order valence-electron chi connectivity index (χ1n) is 13.4. The van der Waals surface area contributed by atoms with E-state index >= 15 is 0 Å². The Bertz CT molecular complexity index is 1750. The number of aryl methyl sites for hydroxylation is 4. The van der Waals surface area contributed by atoms with Crippen LogP contribution in [-0.2, 0) is 19.5 Å². The van der Waals surface area contributed by atoms with Gasteiger partial charge in [-0.1, -0.05) is 28.0 Å². The summed E-state index contributed by atoms with van der Waals surface area (Å²) in [6, 6.07) is 9.84. The predicted octanol–water partition coefficient (Wildman–Crippen LogP) is 3.13. The number of carbonyl (C=O) groups excluding carboxylic acids is 1. The first-order chi connectivity index (χ1) is 19.7. The lowest BCUT2D eigenvalue weighted by Gasteiger charge is -2.25. The number of H-pyrrole nitrogens is 1. The molecule has 2 aromatic heterocycles. The van der Waals surface area contributed by atoms with Gasteiger partial charge in [0.1, 0.15) is 5.49 Å². The molecule has 214 valence electrons. The lowest BCUT2D eigenvalue weighted by atomic mass is 9.97. The third-order valence-electron chi connectivity index (χ3n) is 7.08. The van der Waals surface area contributed by atoms with E-state index in [2.05, 4.69) is 20.7 Å². The molecule has 0 fully saturated rings. The molecule has 0 aliphatic carbocycles. The molecule has 0 unspecified atom stereocenters. The third-order valence-corrected chi connectivity index (χ3v) is 7.08. The Morgan fingerprint density at radius 1 is 1.15 bits per heavy atom. The van der Waals surface area contributed by atoms with Crippen LogP contribution in [0.5, 0.6) is 11.5 Å². The summed E-state index contributed by atoms with van der Waals surface area (Å²) in [4.78, 5) is 31.3. The van der Waals surface area contributed by atoms with Crippen LogP contribution in [0, 0.1) is 26.7 Å². The standard InChI is InChI=1S/C29H32FN7O4/c1-6-41-23-13-19-7-9-36-21(20(19)14-22(23)40-5)15-24(32-25-17(3)11-16(2)12-18(25)4)37(29(36)39)10-8-31-28(38)26-27(30)34-35-33-26/h11-15H,6-10H2,1-5H3,(H,31,38)(H,33,34,35)/b32-24+. The molecule has 0 spiro atoms. The summed E-state index contributed by atoms with van der Waals surface area (Å²) in [7, 11) is 1.59. The van der Waals surface area contributed by atoms with Crippen LogP contribution in [0.4, 0.5) is 10.1 Å². The van der Waals surface area contributed by atoms with E-state index in [9.17, 15) is 14.0 Å². The molecule has 0 bridgehead atoms. The number of hydrogen-bond acceptors (Lipinski definition) is 7. The second-order valence-electron chi connectivity index (χ2n) is 9.91. The first-order valence-corrected chi connectivity index (χ1v) is 13.4. The SMILES string of the molecule is CCOc1cc2c(cc1OC)-c1c/c(=N\c3c(C)cc(C)cc3C)n(CCNC(=O)c3[nH]nnc3F)c(=O)n1CC2. The molecule has 0 atom stereocenters. The molecule has 1 aliphatic heterocycles. The summed E-state index contributed by atoms with van der Waals surface area (Å²) in [5.74, 6) is -0.464. The Labute approximate surface area is 235 Å². The summed E-state index contributed by atoms with van der Waals surface area (Å²) in [6.45, 7) is 9.03. The lowest BCUT2D eigenvalue weighted by Crippen LogP contribution is -2.44. The molecule has 2 N–H and O–H groups in total. The fraction of sp³-hybridized carbons (Fsp3) is 0.345. The summed E-state index contributed by atoms with van der Waals surface area (Å²) in [5.41, 5.74) is 6.25. The van der Waals surface area contributed by atoms with Crippen LogP contribution in [0.1, 0.15) is 39.7 Å². The van der Waals surface area contributed by atoms with Gasteiger partial charge in [-0.2, -0.15) is 4.39 Å². The topological polar surface area (TPSA) is 128 Å². The monoisotopic (exact) mass is 561 g/mol. The van der Waals surface area contributed by atoms with Crippen molar-refractivity contribution < 1.29 is 18.7 Å². The van der Waals surface area contributed by atoms with E-state index < -0.39 is 11.9 Å². The average molecular weight is 562 g/mol. The van der Waals surface area contributed by atoms with Crippen molar-refractivity contribution in [2.75, 3.05) is 20.3 Å². The van der Waals surface area contributed by atoms with Crippen molar-refractivity contribution in [1.82, 2.24) is 29.9 Å². The minimum Gasteiger partial charge on any atom is -0.493 e. The van der Waals surface area contributed by atoms with Gasteiger partial charge in [-0.05, 0) is 62.9 Å².